The van der Waals surface area contributed by atoms with Gasteiger partial charge in [-0.3, -0.25) is 4.99 Å². The highest BCUT2D eigenvalue weighted by atomic mass is 127. The number of rotatable bonds is 6. The van der Waals surface area contributed by atoms with Crippen molar-refractivity contribution in [3.63, 3.8) is 0 Å². The van der Waals surface area contributed by atoms with Gasteiger partial charge in [-0.05, 0) is 63.9 Å². The van der Waals surface area contributed by atoms with Crippen molar-refractivity contribution in [2.75, 3.05) is 63.8 Å². The van der Waals surface area contributed by atoms with Gasteiger partial charge in [-0.1, -0.05) is 25.1 Å². The topological polar surface area (TPSA) is 34.1 Å². The van der Waals surface area contributed by atoms with Crippen LogP contribution in [0.25, 0.3) is 0 Å². The van der Waals surface area contributed by atoms with E-state index in [2.05, 4.69) is 64.2 Å². The minimum absolute atomic E-state index is 0. The van der Waals surface area contributed by atoms with Gasteiger partial charge in [0.2, 0.25) is 0 Å². The van der Waals surface area contributed by atoms with Crippen molar-refractivity contribution >= 4 is 35.6 Å². The minimum atomic E-state index is 0. The van der Waals surface area contributed by atoms with Crippen molar-refractivity contribution in [1.29, 1.82) is 0 Å². The largest absolute Gasteiger partial charge is 0.368 e. The predicted octanol–water partition coefficient (Wildman–Crippen LogP) is 3.51. The third kappa shape index (κ3) is 6.79. The predicted molar refractivity (Wildman–Crippen MR) is 131 cm³/mol. The fraction of sp³-hybridized carbons (Fsp3) is 0.682. The van der Waals surface area contributed by atoms with Crippen LogP contribution in [0.4, 0.5) is 5.69 Å². The van der Waals surface area contributed by atoms with E-state index in [4.69, 9.17) is 4.99 Å². The molecule has 2 fully saturated rings. The molecule has 0 radical (unpaired) electrons. The van der Waals surface area contributed by atoms with Crippen molar-refractivity contribution in [2.24, 2.45) is 10.9 Å². The molecule has 0 aromatic heterocycles. The van der Waals surface area contributed by atoms with Gasteiger partial charge in [0.25, 0.3) is 0 Å². The van der Waals surface area contributed by atoms with Gasteiger partial charge >= 0.3 is 0 Å². The van der Waals surface area contributed by atoms with Crippen molar-refractivity contribution in [3.05, 3.63) is 30.3 Å². The zero-order chi connectivity index (χ0) is 18.9. The molecule has 2 saturated heterocycles. The van der Waals surface area contributed by atoms with E-state index in [0.717, 1.165) is 51.1 Å². The summed E-state index contributed by atoms with van der Waals surface area (Å²) in [4.78, 5) is 12.5. The molecule has 1 N–H and O–H groups in total. The van der Waals surface area contributed by atoms with Crippen LogP contribution >= 0.6 is 24.0 Å². The van der Waals surface area contributed by atoms with E-state index < -0.39 is 0 Å². The van der Waals surface area contributed by atoms with E-state index >= 15 is 0 Å². The summed E-state index contributed by atoms with van der Waals surface area (Å²) < 4.78 is 0. The van der Waals surface area contributed by atoms with Crippen LogP contribution in [0.15, 0.2) is 35.3 Å². The second-order valence-electron chi connectivity index (χ2n) is 7.79. The van der Waals surface area contributed by atoms with E-state index in [9.17, 15) is 0 Å². The van der Waals surface area contributed by atoms with Gasteiger partial charge in [-0.25, -0.2) is 0 Å². The molecule has 1 aromatic carbocycles. The number of halogens is 1. The number of anilines is 1. The Bertz CT molecular complexity index is 564. The Morgan fingerprint density at radius 1 is 1.00 bits per heavy atom. The first-order valence-corrected chi connectivity index (χ1v) is 10.9. The fourth-order valence-electron chi connectivity index (χ4n) is 4.17. The molecule has 158 valence electrons. The zero-order valence-corrected chi connectivity index (χ0v) is 20.0. The van der Waals surface area contributed by atoms with E-state index in [-0.39, 0.29) is 24.0 Å². The van der Waals surface area contributed by atoms with E-state index in [1.165, 1.54) is 44.6 Å². The molecule has 2 aliphatic rings. The maximum absolute atomic E-state index is 5.02. The number of aliphatic imine (C=N–C) groups is 1. The van der Waals surface area contributed by atoms with Crippen LogP contribution in [0.2, 0.25) is 0 Å². The summed E-state index contributed by atoms with van der Waals surface area (Å²) in [5, 5.41) is 3.52. The summed E-state index contributed by atoms with van der Waals surface area (Å²) in [5.41, 5.74) is 1.33. The van der Waals surface area contributed by atoms with Crippen molar-refractivity contribution < 1.29 is 0 Å². The number of hydrogen-bond acceptors (Lipinski definition) is 3. The number of piperazine rings is 1. The van der Waals surface area contributed by atoms with Gasteiger partial charge in [0.15, 0.2) is 5.96 Å². The Hall–Kier alpha value is -1.02. The van der Waals surface area contributed by atoms with E-state index in [1.807, 2.05) is 0 Å². The van der Waals surface area contributed by atoms with Gasteiger partial charge in [0.1, 0.15) is 0 Å². The van der Waals surface area contributed by atoms with Crippen LogP contribution < -0.4 is 10.2 Å². The molecule has 0 amide bonds. The maximum Gasteiger partial charge on any atom is 0.194 e. The second-order valence-corrected chi connectivity index (χ2v) is 7.79. The summed E-state index contributed by atoms with van der Waals surface area (Å²) >= 11 is 0. The molecular formula is C22H38IN5. The van der Waals surface area contributed by atoms with Crippen LogP contribution in [-0.2, 0) is 0 Å². The molecule has 1 aromatic rings. The minimum Gasteiger partial charge on any atom is -0.368 e. The molecule has 0 saturated carbocycles. The average Bonchev–Trinajstić information content (AvgIpc) is 2.73. The first kappa shape index (κ1) is 23.3. The van der Waals surface area contributed by atoms with Crippen LogP contribution in [0, 0.1) is 5.92 Å². The highest BCUT2D eigenvalue weighted by molar-refractivity contribution is 14.0. The van der Waals surface area contributed by atoms with Crippen molar-refractivity contribution in [2.45, 2.75) is 33.1 Å². The lowest BCUT2D eigenvalue weighted by molar-refractivity contribution is 0.188. The molecule has 2 aliphatic heterocycles. The standard InChI is InChI=1S/C22H37N5.HI/c1-3-12-25-13-10-20(11-14-25)19-24-22(23-4-2)27-17-15-26(16-18-27)21-8-6-5-7-9-21;/h5-9,20H,3-4,10-19H2,1-2H3,(H,23,24);1H. The molecule has 0 bridgehead atoms. The SMILES string of the molecule is CCCN1CCC(CN=C(NCC)N2CCN(c3ccccc3)CC2)CC1.I. The Labute approximate surface area is 188 Å². The summed E-state index contributed by atoms with van der Waals surface area (Å²) in [6, 6.07) is 10.8. The fourth-order valence-corrected chi connectivity index (χ4v) is 4.17. The normalized spacial score (nSPS) is 19.4. The van der Waals surface area contributed by atoms with Gasteiger partial charge < -0.3 is 20.0 Å². The molecule has 6 heteroatoms. The average molecular weight is 499 g/mol. The van der Waals surface area contributed by atoms with Crippen molar-refractivity contribution in [3.8, 4) is 0 Å². The molecule has 0 unspecified atom stereocenters. The first-order valence-electron chi connectivity index (χ1n) is 10.9. The van der Waals surface area contributed by atoms with Crippen molar-refractivity contribution in [1.82, 2.24) is 15.1 Å². The van der Waals surface area contributed by atoms with Crippen LogP contribution in [-0.4, -0.2) is 74.7 Å². The third-order valence-electron chi connectivity index (χ3n) is 5.78. The Balaban J connectivity index is 0.00000280. The lowest BCUT2D eigenvalue weighted by Crippen LogP contribution is -2.52. The number of piperidine rings is 1. The number of likely N-dealkylation sites (tertiary alicyclic amines) is 1. The molecule has 5 nitrogen and oxygen atoms in total. The van der Waals surface area contributed by atoms with Gasteiger partial charge in [0.05, 0.1) is 0 Å². The van der Waals surface area contributed by atoms with E-state index in [0.29, 0.717) is 0 Å². The summed E-state index contributed by atoms with van der Waals surface area (Å²) in [6.07, 6.45) is 3.86. The highest BCUT2D eigenvalue weighted by Crippen LogP contribution is 2.18. The smallest absolute Gasteiger partial charge is 0.194 e. The lowest BCUT2D eigenvalue weighted by atomic mass is 9.97. The molecule has 0 atom stereocenters. The molecule has 2 heterocycles. The van der Waals surface area contributed by atoms with Gasteiger partial charge in [0, 0.05) is 45.0 Å². The Kier molecular flexibility index (Phi) is 10.4. The molecule has 0 aliphatic carbocycles. The lowest BCUT2D eigenvalue weighted by Gasteiger charge is -2.38. The number of benzene rings is 1. The Morgan fingerprint density at radius 2 is 1.68 bits per heavy atom. The summed E-state index contributed by atoms with van der Waals surface area (Å²) in [7, 11) is 0. The van der Waals surface area contributed by atoms with Crippen LogP contribution in [0.3, 0.4) is 0 Å². The number of para-hydroxylation sites is 1. The van der Waals surface area contributed by atoms with Crippen LogP contribution in [0.5, 0.6) is 0 Å². The third-order valence-corrected chi connectivity index (χ3v) is 5.78. The zero-order valence-electron chi connectivity index (χ0n) is 17.6. The monoisotopic (exact) mass is 499 g/mol. The quantitative estimate of drug-likeness (QED) is 0.369. The van der Waals surface area contributed by atoms with E-state index in [1.54, 1.807) is 0 Å². The molecular weight excluding hydrogens is 461 g/mol. The van der Waals surface area contributed by atoms with Gasteiger partial charge in [-0.15, -0.1) is 24.0 Å². The van der Waals surface area contributed by atoms with Crippen LogP contribution in [0.1, 0.15) is 33.1 Å². The second kappa shape index (κ2) is 12.5. The molecule has 3 rings (SSSR count). The summed E-state index contributed by atoms with van der Waals surface area (Å²) in [5.74, 6) is 1.86. The summed E-state index contributed by atoms with van der Waals surface area (Å²) in [6.45, 7) is 14.3. The maximum atomic E-state index is 5.02. The Morgan fingerprint density at radius 3 is 2.29 bits per heavy atom. The number of nitrogens with zero attached hydrogens (tertiary/aromatic N) is 4. The first-order chi connectivity index (χ1) is 13.3. The number of guanidine groups is 1. The number of nitrogens with one attached hydrogen (secondary N) is 1. The molecule has 0 spiro atoms. The molecule has 28 heavy (non-hydrogen) atoms. The number of hydrogen-bond donors (Lipinski definition) is 1. The van der Waals surface area contributed by atoms with Gasteiger partial charge in [-0.2, -0.15) is 0 Å². The highest BCUT2D eigenvalue weighted by Gasteiger charge is 2.21.